The van der Waals surface area contributed by atoms with E-state index in [1.165, 1.54) is 4.88 Å². The van der Waals surface area contributed by atoms with Crippen LogP contribution in [-0.2, 0) is 4.79 Å². The number of fused-ring (bicyclic) bond motifs is 1. The number of hydrogen-bond acceptors (Lipinski definition) is 6. The zero-order chi connectivity index (χ0) is 18.9. The average molecular weight is 396 g/mol. The van der Waals surface area contributed by atoms with E-state index in [2.05, 4.69) is 32.6 Å². The van der Waals surface area contributed by atoms with E-state index in [4.69, 9.17) is 9.47 Å². The summed E-state index contributed by atoms with van der Waals surface area (Å²) in [6, 6.07) is 13.6. The summed E-state index contributed by atoms with van der Waals surface area (Å²) in [6.45, 7) is 3.01. The van der Waals surface area contributed by atoms with Gasteiger partial charge in [0, 0.05) is 32.2 Å². The maximum Gasteiger partial charge on any atom is 0.267 e. The summed E-state index contributed by atoms with van der Waals surface area (Å²) in [5, 5.41) is 9.59. The van der Waals surface area contributed by atoms with Gasteiger partial charge in [-0.25, -0.2) is 0 Å². The summed E-state index contributed by atoms with van der Waals surface area (Å²) in [4.78, 5) is 18.1. The number of benzene rings is 1. The molecule has 0 radical (unpaired) electrons. The number of aromatic nitrogens is 2. The molecule has 1 aromatic carbocycles. The van der Waals surface area contributed by atoms with Gasteiger partial charge in [0.15, 0.2) is 17.3 Å². The standard InChI is InChI=1S/C20H20N4O3S/c25-20(17-13-26-15-4-1-2-5-16(15)27-17)24-9-7-23(8-10-24)19-12-14(21-22-19)18-6-3-11-28-18/h1-6,11-12,17H,7-10,13H2,(H,21,22). The third kappa shape index (κ3) is 3.20. The van der Waals surface area contributed by atoms with Crippen LogP contribution in [-0.4, -0.2) is 59.9 Å². The Morgan fingerprint density at radius 3 is 2.71 bits per heavy atom. The monoisotopic (exact) mass is 396 g/mol. The van der Waals surface area contributed by atoms with Crippen molar-refractivity contribution >= 4 is 23.1 Å². The zero-order valence-corrected chi connectivity index (χ0v) is 16.0. The second-order valence-corrected chi connectivity index (χ2v) is 7.74. The molecular weight excluding hydrogens is 376 g/mol. The van der Waals surface area contributed by atoms with Crippen LogP contribution in [0, 0.1) is 0 Å². The summed E-state index contributed by atoms with van der Waals surface area (Å²) in [6.07, 6.45) is -0.586. The van der Waals surface area contributed by atoms with Gasteiger partial charge in [-0.15, -0.1) is 11.3 Å². The lowest BCUT2D eigenvalue weighted by Crippen LogP contribution is -2.54. The van der Waals surface area contributed by atoms with E-state index in [0.717, 1.165) is 24.6 Å². The number of anilines is 1. The van der Waals surface area contributed by atoms with Crippen molar-refractivity contribution in [3.05, 3.63) is 47.8 Å². The van der Waals surface area contributed by atoms with Crippen LogP contribution in [0.3, 0.4) is 0 Å². The van der Waals surface area contributed by atoms with E-state index in [1.807, 2.05) is 35.2 Å². The highest BCUT2D eigenvalue weighted by molar-refractivity contribution is 7.13. The summed E-state index contributed by atoms with van der Waals surface area (Å²) in [5.41, 5.74) is 1.02. The Kier molecular flexibility index (Phi) is 4.40. The molecule has 5 rings (SSSR count). The van der Waals surface area contributed by atoms with Crippen LogP contribution in [0.15, 0.2) is 47.8 Å². The lowest BCUT2D eigenvalue weighted by Gasteiger charge is -2.37. The average Bonchev–Trinajstić information content (AvgIpc) is 3.45. The molecule has 1 saturated heterocycles. The fourth-order valence-corrected chi connectivity index (χ4v) is 4.22. The van der Waals surface area contributed by atoms with Crippen molar-refractivity contribution < 1.29 is 14.3 Å². The van der Waals surface area contributed by atoms with Crippen molar-refractivity contribution in [1.29, 1.82) is 0 Å². The van der Waals surface area contributed by atoms with Crippen LogP contribution in [0.25, 0.3) is 10.6 Å². The molecule has 1 amide bonds. The lowest BCUT2D eigenvalue weighted by atomic mass is 10.2. The Morgan fingerprint density at radius 2 is 1.93 bits per heavy atom. The molecular formula is C20H20N4O3S. The van der Waals surface area contributed by atoms with Gasteiger partial charge in [-0.05, 0) is 23.6 Å². The second-order valence-electron chi connectivity index (χ2n) is 6.79. The Bertz CT molecular complexity index is 964. The third-order valence-electron chi connectivity index (χ3n) is 5.05. The zero-order valence-electron chi connectivity index (χ0n) is 15.2. The van der Waals surface area contributed by atoms with Gasteiger partial charge in [0.25, 0.3) is 5.91 Å². The molecule has 0 saturated carbocycles. The van der Waals surface area contributed by atoms with Gasteiger partial charge in [0.2, 0.25) is 6.10 Å². The van der Waals surface area contributed by atoms with Gasteiger partial charge in [-0.1, -0.05) is 18.2 Å². The number of piperazine rings is 1. The van der Waals surface area contributed by atoms with Crippen LogP contribution >= 0.6 is 11.3 Å². The molecule has 0 aliphatic carbocycles. The summed E-state index contributed by atoms with van der Waals surface area (Å²) >= 11 is 1.68. The predicted octanol–water partition coefficient (Wildman–Crippen LogP) is 2.63. The van der Waals surface area contributed by atoms with Crippen molar-refractivity contribution in [1.82, 2.24) is 15.1 Å². The molecule has 3 aromatic rings. The van der Waals surface area contributed by atoms with Gasteiger partial charge in [0.05, 0.1) is 10.6 Å². The molecule has 0 bridgehead atoms. The highest BCUT2D eigenvalue weighted by Crippen LogP contribution is 2.31. The number of nitrogens with one attached hydrogen (secondary N) is 1. The first-order valence-electron chi connectivity index (χ1n) is 9.29. The first-order valence-corrected chi connectivity index (χ1v) is 10.2. The number of thiophene rings is 1. The van der Waals surface area contributed by atoms with Crippen molar-refractivity contribution in [2.75, 3.05) is 37.7 Å². The van der Waals surface area contributed by atoms with Gasteiger partial charge < -0.3 is 19.3 Å². The number of nitrogens with zero attached hydrogens (tertiary/aromatic N) is 3. The number of carbonyl (C=O) groups excluding carboxylic acids is 1. The predicted molar refractivity (Wildman–Crippen MR) is 107 cm³/mol. The molecule has 1 atom stereocenters. The summed E-state index contributed by atoms with van der Waals surface area (Å²) < 4.78 is 11.5. The molecule has 0 spiro atoms. The molecule has 8 heteroatoms. The molecule has 1 unspecified atom stereocenters. The molecule has 1 fully saturated rings. The summed E-state index contributed by atoms with van der Waals surface area (Å²) in [5.74, 6) is 2.22. The molecule has 2 aliphatic heterocycles. The van der Waals surface area contributed by atoms with E-state index in [0.29, 0.717) is 24.6 Å². The number of rotatable bonds is 3. The maximum atomic E-state index is 12.8. The third-order valence-corrected chi connectivity index (χ3v) is 5.95. The first kappa shape index (κ1) is 17.1. The van der Waals surface area contributed by atoms with Crippen LogP contribution < -0.4 is 14.4 Å². The smallest absolute Gasteiger partial charge is 0.267 e. The van der Waals surface area contributed by atoms with Crippen molar-refractivity contribution in [2.24, 2.45) is 0 Å². The Hall–Kier alpha value is -3.00. The normalized spacial score (nSPS) is 18.9. The molecule has 2 aromatic heterocycles. The Morgan fingerprint density at radius 1 is 1.11 bits per heavy atom. The topological polar surface area (TPSA) is 70.7 Å². The Labute approximate surface area is 166 Å². The number of H-pyrrole nitrogens is 1. The molecule has 144 valence electrons. The number of carbonyl (C=O) groups is 1. The van der Waals surface area contributed by atoms with Gasteiger partial charge >= 0.3 is 0 Å². The Balaban J connectivity index is 1.20. The summed E-state index contributed by atoms with van der Waals surface area (Å²) in [7, 11) is 0. The van der Waals surface area contributed by atoms with E-state index < -0.39 is 6.10 Å². The SMILES string of the molecule is O=C(C1COc2ccccc2O1)N1CCN(c2cc(-c3cccs3)[nH]n2)CC1. The minimum Gasteiger partial charge on any atom is -0.485 e. The highest BCUT2D eigenvalue weighted by Gasteiger charge is 2.33. The second kappa shape index (κ2) is 7.20. The number of amides is 1. The maximum absolute atomic E-state index is 12.8. The number of aromatic amines is 1. The van der Waals surface area contributed by atoms with Crippen LogP contribution in [0.5, 0.6) is 11.5 Å². The molecule has 7 nitrogen and oxygen atoms in total. The fourth-order valence-electron chi connectivity index (χ4n) is 3.53. The highest BCUT2D eigenvalue weighted by atomic mass is 32.1. The lowest BCUT2D eigenvalue weighted by molar-refractivity contribution is -0.141. The molecule has 28 heavy (non-hydrogen) atoms. The van der Waals surface area contributed by atoms with Crippen LogP contribution in [0.2, 0.25) is 0 Å². The molecule has 2 aliphatic rings. The van der Waals surface area contributed by atoms with E-state index in [-0.39, 0.29) is 12.5 Å². The minimum absolute atomic E-state index is 0.0181. The van der Waals surface area contributed by atoms with Crippen molar-refractivity contribution in [3.8, 4) is 22.1 Å². The largest absolute Gasteiger partial charge is 0.485 e. The van der Waals surface area contributed by atoms with Gasteiger partial charge in [0.1, 0.15) is 6.61 Å². The first-order chi connectivity index (χ1) is 13.8. The minimum atomic E-state index is -0.586. The number of para-hydroxylation sites is 2. The van der Waals surface area contributed by atoms with Crippen molar-refractivity contribution in [3.63, 3.8) is 0 Å². The quantitative estimate of drug-likeness (QED) is 0.737. The molecule has 1 N–H and O–H groups in total. The molecule has 4 heterocycles. The van der Waals surface area contributed by atoms with Gasteiger partial charge in [-0.2, -0.15) is 5.10 Å². The van der Waals surface area contributed by atoms with Crippen LogP contribution in [0.1, 0.15) is 0 Å². The number of hydrogen-bond donors (Lipinski definition) is 1. The fraction of sp³-hybridized carbons (Fsp3) is 0.300. The van der Waals surface area contributed by atoms with E-state index >= 15 is 0 Å². The van der Waals surface area contributed by atoms with Gasteiger partial charge in [-0.3, -0.25) is 9.89 Å². The van der Waals surface area contributed by atoms with Crippen LogP contribution in [0.4, 0.5) is 5.82 Å². The van der Waals surface area contributed by atoms with Crippen molar-refractivity contribution in [2.45, 2.75) is 6.10 Å². The van der Waals surface area contributed by atoms with E-state index in [1.54, 1.807) is 11.3 Å². The van der Waals surface area contributed by atoms with E-state index in [9.17, 15) is 4.79 Å². The number of ether oxygens (including phenoxy) is 2.